The Kier molecular flexibility index (Phi) is 5.66. The van der Waals surface area contributed by atoms with Crippen LogP contribution in [0.3, 0.4) is 0 Å². The number of carbonyl (C=O) groups excluding carboxylic acids is 1. The highest BCUT2D eigenvalue weighted by atomic mass is 32.2. The van der Waals surface area contributed by atoms with E-state index in [0.717, 1.165) is 35.8 Å². The van der Waals surface area contributed by atoms with Crippen LogP contribution in [0.5, 0.6) is 0 Å². The van der Waals surface area contributed by atoms with Gasteiger partial charge < -0.3 is 0 Å². The van der Waals surface area contributed by atoms with Gasteiger partial charge in [-0.05, 0) is 23.8 Å². The van der Waals surface area contributed by atoms with Crippen molar-refractivity contribution in [2.24, 2.45) is 0 Å². The van der Waals surface area contributed by atoms with Crippen LogP contribution in [-0.4, -0.2) is 25.8 Å². The van der Waals surface area contributed by atoms with Gasteiger partial charge in [-0.15, -0.1) is 16.8 Å². The van der Waals surface area contributed by atoms with E-state index in [2.05, 4.69) is 66.4 Å². The van der Waals surface area contributed by atoms with E-state index in [1.807, 2.05) is 6.08 Å². The van der Waals surface area contributed by atoms with E-state index < -0.39 is 0 Å². The summed E-state index contributed by atoms with van der Waals surface area (Å²) in [5, 5.41) is 9.62. The predicted octanol–water partition coefficient (Wildman–Crippen LogP) is 5.03. The molecule has 26 heavy (non-hydrogen) atoms. The lowest BCUT2D eigenvalue weighted by molar-refractivity contribution is -0.119. The van der Waals surface area contributed by atoms with Crippen LogP contribution >= 0.6 is 11.8 Å². The number of allylic oxidation sites excluding steroid dienone is 1. The van der Waals surface area contributed by atoms with Crippen LogP contribution in [0, 0.1) is 0 Å². The minimum Gasteiger partial charge on any atom is -0.298 e. The number of ketones is 1. The lowest BCUT2D eigenvalue weighted by Gasteiger charge is -2.20. The Labute approximate surface area is 160 Å². The Morgan fingerprint density at radius 1 is 1.23 bits per heavy atom. The second-order valence-corrected chi connectivity index (χ2v) is 9.02. The van der Waals surface area contributed by atoms with E-state index in [0.29, 0.717) is 18.7 Å². The molecule has 1 unspecified atom stereocenters. The molecule has 1 aromatic carbocycles. The molecule has 1 aliphatic carbocycles. The summed E-state index contributed by atoms with van der Waals surface area (Å²) in [7, 11) is 0. The van der Waals surface area contributed by atoms with Crippen LogP contribution in [0.25, 0.3) is 11.4 Å². The van der Waals surface area contributed by atoms with Gasteiger partial charge in [0.2, 0.25) is 0 Å². The molecule has 3 rings (SSSR count). The molecule has 1 aromatic heterocycles. The van der Waals surface area contributed by atoms with Crippen molar-refractivity contribution in [3.05, 3.63) is 42.5 Å². The fourth-order valence-electron chi connectivity index (χ4n) is 3.21. The quantitative estimate of drug-likeness (QED) is 0.693. The average Bonchev–Trinajstić information content (AvgIpc) is 2.99. The average molecular weight is 370 g/mol. The first kappa shape index (κ1) is 18.9. The molecule has 0 radical (unpaired) electrons. The summed E-state index contributed by atoms with van der Waals surface area (Å²) < 4.78 is 2.06. The summed E-state index contributed by atoms with van der Waals surface area (Å²) >= 11 is 1.55. The lowest BCUT2D eigenvalue weighted by Crippen LogP contribution is -2.21. The molecule has 0 N–H and O–H groups in total. The van der Waals surface area contributed by atoms with E-state index in [-0.39, 0.29) is 10.7 Å². The standard InChI is InChI=1S/C21H27N3OS/c1-5-14-24-19(15-10-12-16(13-11-15)21(2,3)4)22-23-20(24)26-18-9-7-6-8-17(18)25/h5,10-13,18H,1,6-9,14H2,2-4H3. The molecule has 0 saturated heterocycles. The highest BCUT2D eigenvalue weighted by Crippen LogP contribution is 2.33. The van der Waals surface area contributed by atoms with Crippen molar-refractivity contribution in [3.8, 4) is 11.4 Å². The molecule has 0 amide bonds. The molecule has 1 heterocycles. The van der Waals surface area contributed by atoms with Gasteiger partial charge in [0, 0.05) is 18.5 Å². The minimum atomic E-state index is 0.00707. The van der Waals surface area contributed by atoms with Crippen LogP contribution in [0.2, 0.25) is 0 Å². The van der Waals surface area contributed by atoms with E-state index >= 15 is 0 Å². The fraction of sp³-hybridized carbons (Fsp3) is 0.476. The largest absolute Gasteiger partial charge is 0.298 e. The first-order valence-corrected chi connectivity index (χ1v) is 10.1. The molecule has 5 heteroatoms. The molecule has 1 fully saturated rings. The summed E-state index contributed by atoms with van der Waals surface area (Å²) in [6.07, 6.45) is 5.60. The van der Waals surface area contributed by atoms with Crippen molar-refractivity contribution < 1.29 is 4.79 Å². The maximum Gasteiger partial charge on any atom is 0.192 e. The van der Waals surface area contributed by atoms with E-state index in [4.69, 9.17) is 0 Å². The Morgan fingerprint density at radius 2 is 1.96 bits per heavy atom. The summed E-state index contributed by atoms with van der Waals surface area (Å²) in [5.41, 5.74) is 2.45. The zero-order valence-corrected chi connectivity index (χ0v) is 16.7. The maximum atomic E-state index is 12.2. The number of Topliss-reactive ketones (excluding diaryl/α,β-unsaturated/α-hetero) is 1. The minimum absolute atomic E-state index is 0.00707. The monoisotopic (exact) mass is 369 g/mol. The third-order valence-corrected chi connectivity index (χ3v) is 6.08. The van der Waals surface area contributed by atoms with Crippen molar-refractivity contribution in [1.82, 2.24) is 14.8 Å². The molecule has 4 nitrogen and oxygen atoms in total. The fourth-order valence-corrected chi connectivity index (χ4v) is 4.37. The third kappa shape index (κ3) is 4.09. The van der Waals surface area contributed by atoms with Gasteiger partial charge in [0.25, 0.3) is 0 Å². The molecule has 1 atom stereocenters. The summed E-state index contributed by atoms with van der Waals surface area (Å²) in [5.74, 6) is 1.17. The number of hydrogen-bond donors (Lipinski definition) is 0. The van der Waals surface area contributed by atoms with Gasteiger partial charge in [-0.3, -0.25) is 9.36 Å². The molecule has 0 aliphatic heterocycles. The van der Waals surface area contributed by atoms with Gasteiger partial charge in [0.1, 0.15) is 5.78 Å². The number of aromatic nitrogens is 3. The molecular formula is C21H27N3OS. The number of hydrogen-bond acceptors (Lipinski definition) is 4. The summed E-state index contributed by atoms with van der Waals surface area (Å²) in [6.45, 7) is 11.1. The van der Waals surface area contributed by atoms with Gasteiger partial charge in [-0.2, -0.15) is 0 Å². The van der Waals surface area contributed by atoms with Crippen molar-refractivity contribution in [1.29, 1.82) is 0 Å². The van der Waals surface area contributed by atoms with Crippen LogP contribution in [0.15, 0.2) is 42.1 Å². The predicted molar refractivity (Wildman–Crippen MR) is 107 cm³/mol. The Bertz CT molecular complexity index is 787. The molecule has 0 spiro atoms. The van der Waals surface area contributed by atoms with Crippen molar-refractivity contribution in [2.45, 2.75) is 68.8 Å². The Hall–Kier alpha value is -1.88. The molecular weight excluding hydrogens is 342 g/mol. The van der Waals surface area contributed by atoms with Gasteiger partial charge in [-0.25, -0.2) is 0 Å². The van der Waals surface area contributed by atoms with Crippen molar-refractivity contribution in [2.75, 3.05) is 0 Å². The van der Waals surface area contributed by atoms with Crippen LogP contribution in [0.1, 0.15) is 52.0 Å². The number of benzene rings is 1. The van der Waals surface area contributed by atoms with Crippen LogP contribution < -0.4 is 0 Å². The van der Waals surface area contributed by atoms with E-state index in [9.17, 15) is 4.79 Å². The molecule has 2 aromatic rings. The molecule has 1 saturated carbocycles. The van der Waals surface area contributed by atoms with Gasteiger partial charge >= 0.3 is 0 Å². The number of nitrogens with zero attached hydrogens (tertiary/aromatic N) is 3. The van der Waals surface area contributed by atoms with Crippen LogP contribution in [0.4, 0.5) is 0 Å². The van der Waals surface area contributed by atoms with Crippen LogP contribution in [-0.2, 0) is 16.8 Å². The Morgan fingerprint density at radius 3 is 2.58 bits per heavy atom. The first-order valence-electron chi connectivity index (χ1n) is 9.24. The number of thioether (sulfide) groups is 1. The summed E-state index contributed by atoms with van der Waals surface area (Å²) in [6, 6.07) is 8.51. The number of rotatable bonds is 5. The normalized spacial score (nSPS) is 18.1. The van der Waals surface area contributed by atoms with E-state index in [1.54, 1.807) is 11.8 Å². The van der Waals surface area contributed by atoms with Crippen molar-refractivity contribution >= 4 is 17.5 Å². The zero-order valence-electron chi connectivity index (χ0n) is 15.9. The molecule has 138 valence electrons. The lowest BCUT2D eigenvalue weighted by atomic mass is 9.87. The van der Waals surface area contributed by atoms with Gasteiger partial charge in [0.15, 0.2) is 11.0 Å². The van der Waals surface area contributed by atoms with Gasteiger partial charge in [0.05, 0.1) is 5.25 Å². The SMILES string of the molecule is C=CCn1c(SC2CCCCC2=O)nnc1-c1ccc(C(C)(C)C)cc1. The second-order valence-electron chi connectivity index (χ2n) is 7.85. The summed E-state index contributed by atoms with van der Waals surface area (Å²) in [4.78, 5) is 12.2. The highest BCUT2D eigenvalue weighted by Gasteiger charge is 2.26. The topological polar surface area (TPSA) is 47.8 Å². The molecule has 1 aliphatic rings. The van der Waals surface area contributed by atoms with Gasteiger partial charge in [-0.1, -0.05) is 69.3 Å². The molecule has 0 bridgehead atoms. The first-order chi connectivity index (χ1) is 12.4. The van der Waals surface area contributed by atoms with E-state index in [1.165, 1.54) is 5.56 Å². The second kappa shape index (κ2) is 7.78. The maximum absolute atomic E-state index is 12.2. The Balaban J connectivity index is 1.89. The zero-order chi connectivity index (χ0) is 18.7. The highest BCUT2D eigenvalue weighted by molar-refractivity contribution is 8.00. The third-order valence-electron chi connectivity index (χ3n) is 4.78. The smallest absolute Gasteiger partial charge is 0.192 e. The number of carbonyl (C=O) groups is 1. The van der Waals surface area contributed by atoms with Crippen molar-refractivity contribution in [3.63, 3.8) is 0 Å².